The molecule has 6 heteroatoms. The van der Waals surface area contributed by atoms with Crippen molar-refractivity contribution in [2.75, 3.05) is 17.2 Å². The first kappa shape index (κ1) is 13.1. The van der Waals surface area contributed by atoms with Crippen LogP contribution >= 0.6 is 11.3 Å². The van der Waals surface area contributed by atoms with Gasteiger partial charge in [-0.2, -0.15) is 0 Å². The summed E-state index contributed by atoms with van der Waals surface area (Å²) in [6.45, 7) is 2.85. The third kappa shape index (κ3) is 2.65. The van der Waals surface area contributed by atoms with E-state index in [0.29, 0.717) is 10.8 Å². The van der Waals surface area contributed by atoms with E-state index in [1.165, 1.54) is 11.3 Å². The molecule has 2 aromatic heterocycles. The number of nitrogens with one attached hydrogen (secondary N) is 2. The molecule has 0 radical (unpaired) electrons. The number of carbonyl (C=O) groups is 1. The average Bonchev–Trinajstić information content (AvgIpc) is 3.01. The summed E-state index contributed by atoms with van der Waals surface area (Å²) < 4.78 is 0. The van der Waals surface area contributed by atoms with Gasteiger partial charge in [0.05, 0.1) is 17.6 Å². The molecular weight excluding hydrogens is 272 g/mol. The SMILES string of the molecule is CCNc1ccc(C(=O)Nc2nc3c(s2)CCC3)nc1. The highest BCUT2D eigenvalue weighted by molar-refractivity contribution is 7.15. The molecule has 1 amide bonds. The predicted molar refractivity (Wildman–Crippen MR) is 80.5 cm³/mol. The van der Waals surface area contributed by atoms with E-state index in [2.05, 4.69) is 20.6 Å². The fraction of sp³-hybridized carbons (Fsp3) is 0.357. The molecule has 2 N–H and O–H groups in total. The number of hydrogen-bond donors (Lipinski definition) is 2. The molecule has 104 valence electrons. The maximum absolute atomic E-state index is 12.1. The maximum atomic E-state index is 12.1. The number of aromatic nitrogens is 2. The number of carbonyl (C=O) groups excluding carboxylic acids is 1. The highest BCUT2D eigenvalue weighted by atomic mass is 32.1. The molecule has 0 saturated carbocycles. The Morgan fingerprint density at radius 2 is 2.30 bits per heavy atom. The first-order chi connectivity index (χ1) is 9.76. The van der Waals surface area contributed by atoms with Crippen molar-refractivity contribution in [3.8, 4) is 0 Å². The van der Waals surface area contributed by atoms with Gasteiger partial charge in [0.2, 0.25) is 0 Å². The summed E-state index contributed by atoms with van der Waals surface area (Å²) in [6, 6.07) is 3.57. The minimum absolute atomic E-state index is 0.208. The van der Waals surface area contributed by atoms with Crippen molar-refractivity contribution < 1.29 is 4.79 Å². The van der Waals surface area contributed by atoms with Crippen LogP contribution in [0.3, 0.4) is 0 Å². The normalized spacial score (nSPS) is 13.1. The molecule has 1 aliphatic carbocycles. The molecular formula is C14H16N4OS. The molecule has 2 heterocycles. The zero-order valence-corrected chi connectivity index (χ0v) is 12.1. The molecule has 0 unspecified atom stereocenters. The van der Waals surface area contributed by atoms with Gasteiger partial charge in [0.25, 0.3) is 5.91 Å². The van der Waals surface area contributed by atoms with Crippen LogP contribution in [-0.2, 0) is 12.8 Å². The van der Waals surface area contributed by atoms with Crippen LogP contribution in [0.15, 0.2) is 18.3 Å². The molecule has 0 aliphatic heterocycles. The zero-order valence-electron chi connectivity index (χ0n) is 11.3. The number of nitrogens with zero attached hydrogens (tertiary/aromatic N) is 2. The van der Waals surface area contributed by atoms with Gasteiger partial charge in [0.1, 0.15) is 5.69 Å². The lowest BCUT2D eigenvalue weighted by Gasteiger charge is -2.04. The first-order valence-corrected chi connectivity index (χ1v) is 7.58. The average molecular weight is 288 g/mol. The fourth-order valence-corrected chi connectivity index (χ4v) is 3.29. The monoisotopic (exact) mass is 288 g/mol. The van der Waals surface area contributed by atoms with Crippen molar-refractivity contribution in [1.82, 2.24) is 9.97 Å². The lowest BCUT2D eigenvalue weighted by Crippen LogP contribution is -2.13. The second-order valence-corrected chi connectivity index (χ2v) is 5.74. The number of amides is 1. The van der Waals surface area contributed by atoms with Crippen molar-refractivity contribution in [1.29, 1.82) is 0 Å². The van der Waals surface area contributed by atoms with E-state index in [-0.39, 0.29) is 5.91 Å². The van der Waals surface area contributed by atoms with Gasteiger partial charge in [-0.25, -0.2) is 9.97 Å². The Hall–Kier alpha value is -1.95. The largest absolute Gasteiger partial charge is 0.384 e. The van der Waals surface area contributed by atoms with Crippen LogP contribution in [0.25, 0.3) is 0 Å². The molecule has 0 spiro atoms. The Morgan fingerprint density at radius 1 is 1.40 bits per heavy atom. The van der Waals surface area contributed by atoms with Crippen molar-refractivity contribution in [3.63, 3.8) is 0 Å². The summed E-state index contributed by atoms with van der Waals surface area (Å²) in [4.78, 5) is 22.0. The molecule has 2 aromatic rings. The summed E-state index contributed by atoms with van der Waals surface area (Å²) in [5, 5.41) is 6.65. The van der Waals surface area contributed by atoms with Crippen LogP contribution in [0.1, 0.15) is 34.4 Å². The number of anilines is 2. The molecule has 5 nitrogen and oxygen atoms in total. The fourth-order valence-electron chi connectivity index (χ4n) is 2.24. The van der Waals surface area contributed by atoms with E-state index in [0.717, 1.165) is 30.8 Å². The van der Waals surface area contributed by atoms with Crippen LogP contribution in [0.5, 0.6) is 0 Å². The van der Waals surface area contributed by atoms with Gasteiger partial charge in [-0.3, -0.25) is 10.1 Å². The standard InChI is InChI=1S/C14H16N4OS/c1-2-15-9-6-7-11(16-8-9)13(19)18-14-17-10-4-3-5-12(10)20-14/h6-8,15H,2-5H2,1H3,(H,17,18,19). The highest BCUT2D eigenvalue weighted by Crippen LogP contribution is 2.30. The predicted octanol–water partition coefficient (Wildman–Crippen LogP) is 2.71. The van der Waals surface area contributed by atoms with Crippen LogP contribution in [0, 0.1) is 0 Å². The molecule has 3 rings (SSSR count). The van der Waals surface area contributed by atoms with Gasteiger partial charge in [-0.1, -0.05) is 0 Å². The zero-order chi connectivity index (χ0) is 13.9. The minimum Gasteiger partial charge on any atom is -0.384 e. The van der Waals surface area contributed by atoms with Crippen LogP contribution in [0.2, 0.25) is 0 Å². The van der Waals surface area contributed by atoms with E-state index in [1.54, 1.807) is 23.6 Å². The van der Waals surface area contributed by atoms with Crippen molar-refractivity contribution in [2.24, 2.45) is 0 Å². The highest BCUT2D eigenvalue weighted by Gasteiger charge is 2.18. The van der Waals surface area contributed by atoms with Gasteiger partial charge in [0.15, 0.2) is 5.13 Å². The third-order valence-corrected chi connectivity index (χ3v) is 4.27. The first-order valence-electron chi connectivity index (χ1n) is 6.76. The van der Waals surface area contributed by atoms with Gasteiger partial charge in [-0.05, 0) is 38.3 Å². The topological polar surface area (TPSA) is 66.9 Å². The molecule has 20 heavy (non-hydrogen) atoms. The van der Waals surface area contributed by atoms with Crippen molar-refractivity contribution >= 4 is 28.1 Å². The summed E-state index contributed by atoms with van der Waals surface area (Å²) >= 11 is 1.57. The molecule has 0 aromatic carbocycles. The maximum Gasteiger partial charge on any atom is 0.276 e. The van der Waals surface area contributed by atoms with Gasteiger partial charge >= 0.3 is 0 Å². The molecule has 1 aliphatic rings. The number of rotatable bonds is 4. The van der Waals surface area contributed by atoms with E-state index in [9.17, 15) is 4.79 Å². The van der Waals surface area contributed by atoms with E-state index < -0.39 is 0 Å². The Bertz CT molecular complexity index is 599. The lowest BCUT2D eigenvalue weighted by atomic mass is 10.3. The van der Waals surface area contributed by atoms with Gasteiger partial charge in [0, 0.05) is 11.4 Å². The molecule has 0 atom stereocenters. The Labute approximate surface area is 121 Å². The van der Waals surface area contributed by atoms with E-state index >= 15 is 0 Å². The van der Waals surface area contributed by atoms with Crippen molar-refractivity contribution in [3.05, 3.63) is 34.6 Å². The summed E-state index contributed by atoms with van der Waals surface area (Å²) in [6.07, 6.45) is 4.95. The number of thiazole rings is 1. The quantitative estimate of drug-likeness (QED) is 0.907. The summed E-state index contributed by atoms with van der Waals surface area (Å²) in [5.74, 6) is -0.208. The Morgan fingerprint density at radius 3 is 3.00 bits per heavy atom. The van der Waals surface area contributed by atoms with E-state index in [1.807, 2.05) is 13.0 Å². The number of pyridine rings is 1. The second kappa shape index (κ2) is 5.58. The molecule has 0 saturated heterocycles. The second-order valence-electron chi connectivity index (χ2n) is 4.66. The Balaban J connectivity index is 1.68. The van der Waals surface area contributed by atoms with Crippen LogP contribution in [0.4, 0.5) is 10.8 Å². The number of aryl methyl sites for hydroxylation is 2. The lowest BCUT2D eigenvalue weighted by molar-refractivity contribution is 0.102. The third-order valence-electron chi connectivity index (χ3n) is 3.19. The minimum atomic E-state index is -0.208. The van der Waals surface area contributed by atoms with E-state index in [4.69, 9.17) is 0 Å². The summed E-state index contributed by atoms with van der Waals surface area (Å²) in [7, 11) is 0. The molecule has 0 fully saturated rings. The van der Waals surface area contributed by atoms with Crippen LogP contribution in [-0.4, -0.2) is 22.4 Å². The smallest absolute Gasteiger partial charge is 0.276 e. The van der Waals surface area contributed by atoms with Gasteiger partial charge in [-0.15, -0.1) is 11.3 Å². The van der Waals surface area contributed by atoms with Crippen molar-refractivity contribution in [2.45, 2.75) is 26.2 Å². The van der Waals surface area contributed by atoms with Gasteiger partial charge < -0.3 is 5.32 Å². The summed E-state index contributed by atoms with van der Waals surface area (Å²) in [5.41, 5.74) is 2.46. The van der Waals surface area contributed by atoms with Crippen LogP contribution < -0.4 is 10.6 Å². The molecule has 0 bridgehead atoms. The number of hydrogen-bond acceptors (Lipinski definition) is 5. The number of fused-ring (bicyclic) bond motifs is 1. The Kier molecular flexibility index (Phi) is 3.64.